The minimum atomic E-state index is -0.809. The van der Waals surface area contributed by atoms with Crippen LogP contribution in [0.4, 0.5) is 20.2 Å². The van der Waals surface area contributed by atoms with Gasteiger partial charge in [0.25, 0.3) is 0 Å². The Balaban J connectivity index is 1.53. The van der Waals surface area contributed by atoms with Crippen molar-refractivity contribution in [2.75, 3.05) is 10.6 Å². The van der Waals surface area contributed by atoms with Crippen LogP contribution in [0.15, 0.2) is 42.5 Å². The number of benzene rings is 2. The summed E-state index contributed by atoms with van der Waals surface area (Å²) < 4.78 is 26.6. The molecule has 4 nitrogen and oxygen atoms in total. The van der Waals surface area contributed by atoms with Crippen LogP contribution >= 0.6 is 11.6 Å². The molecule has 7 heteroatoms. The van der Waals surface area contributed by atoms with E-state index in [1.807, 2.05) is 0 Å². The molecule has 0 heterocycles. The van der Waals surface area contributed by atoms with Crippen LogP contribution in [0, 0.1) is 23.5 Å². The quantitative estimate of drug-likeness (QED) is 0.769. The fraction of sp³-hybridized carbons (Fsp3) is 0.300. The van der Waals surface area contributed by atoms with Crippen molar-refractivity contribution in [1.82, 2.24) is 0 Å². The van der Waals surface area contributed by atoms with Crippen LogP contribution in [0.1, 0.15) is 25.7 Å². The fourth-order valence-corrected chi connectivity index (χ4v) is 3.42. The Morgan fingerprint density at radius 3 is 1.96 bits per heavy atom. The van der Waals surface area contributed by atoms with Gasteiger partial charge in [-0.15, -0.1) is 0 Å². The maximum Gasteiger partial charge on any atom is 0.227 e. The zero-order valence-corrected chi connectivity index (χ0v) is 15.2. The van der Waals surface area contributed by atoms with Gasteiger partial charge in [-0.05, 0) is 49.9 Å². The van der Waals surface area contributed by atoms with Gasteiger partial charge in [0.15, 0.2) is 0 Å². The topological polar surface area (TPSA) is 58.2 Å². The first-order valence-electron chi connectivity index (χ1n) is 8.75. The molecule has 0 radical (unpaired) electrons. The van der Waals surface area contributed by atoms with Crippen molar-refractivity contribution >= 4 is 34.8 Å². The Kier molecular flexibility index (Phi) is 6.06. The molecular formula is C20H19ClF2N2O2. The van der Waals surface area contributed by atoms with Crippen LogP contribution < -0.4 is 10.6 Å². The molecule has 0 spiro atoms. The van der Waals surface area contributed by atoms with Crippen molar-refractivity contribution in [3.63, 3.8) is 0 Å². The smallest absolute Gasteiger partial charge is 0.227 e. The highest BCUT2D eigenvalue weighted by Gasteiger charge is 2.30. The molecule has 0 aromatic heterocycles. The number of nitrogens with one attached hydrogen (secondary N) is 2. The van der Waals surface area contributed by atoms with E-state index in [-0.39, 0.29) is 29.3 Å². The number of para-hydroxylation sites is 1. The van der Waals surface area contributed by atoms with Crippen LogP contribution in [-0.2, 0) is 9.59 Å². The first-order valence-corrected chi connectivity index (χ1v) is 9.13. The lowest BCUT2D eigenvalue weighted by Gasteiger charge is -2.27. The second-order valence-electron chi connectivity index (χ2n) is 6.63. The van der Waals surface area contributed by atoms with Gasteiger partial charge in [-0.1, -0.05) is 23.7 Å². The Morgan fingerprint density at radius 2 is 1.41 bits per heavy atom. The zero-order chi connectivity index (χ0) is 19.4. The van der Waals surface area contributed by atoms with E-state index in [0.717, 1.165) is 12.1 Å². The third kappa shape index (κ3) is 4.83. The number of halogens is 3. The minimum absolute atomic E-state index is 0.0417. The van der Waals surface area contributed by atoms with Crippen molar-refractivity contribution in [3.8, 4) is 0 Å². The second kappa shape index (κ2) is 8.48. The third-order valence-corrected chi connectivity index (χ3v) is 5.12. The lowest BCUT2D eigenvalue weighted by atomic mass is 9.81. The molecule has 2 N–H and O–H groups in total. The van der Waals surface area contributed by atoms with Crippen molar-refractivity contribution in [2.24, 2.45) is 11.8 Å². The number of hydrogen-bond acceptors (Lipinski definition) is 2. The summed E-state index contributed by atoms with van der Waals surface area (Å²) in [6, 6.07) is 10.0. The van der Waals surface area contributed by atoms with Crippen LogP contribution in [0.3, 0.4) is 0 Å². The highest BCUT2D eigenvalue weighted by molar-refractivity contribution is 6.33. The van der Waals surface area contributed by atoms with Gasteiger partial charge in [0.1, 0.15) is 11.6 Å². The first-order chi connectivity index (χ1) is 12.9. The van der Waals surface area contributed by atoms with E-state index in [0.29, 0.717) is 36.4 Å². The maximum atomic E-state index is 13.7. The van der Waals surface area contributed by atoms with Crippen molar-refractivity contribution < 1.29 is 18.4 Å². The molecule has 27 heavy (non-hydrogen) atoms. The molecular weight excluding hydrogens is 374 g/mol. The third-order valence-electron chi connectivity index (χ3n) is 4.79. The second-order valence-corrected chi connectivity index (χ2v) is 7.04. The fourth-order valence-electron chi connectivity index (χ4n) is 3.24. The molecule has 3 rings (SSSR count). The molecule has 1 aliphatic rings. The Morgan fingerprint density at radius 1 is 0.852 bits per heavy atom. The van der Waals surface area contributed by atoms with E-state index >= 15 is 0 Å². The van der Waals surface area contributed by atoms with Gasteiger partial charge < -0.3 is 10.6 Å². The van der Waals surface area contributed by atoms with Gasteiger partial charge in [-0.25, -0.2) is 8.78 Å². The number of amides is 2. The summed E-state index contributed by atoms with van der Waals surface area (Å²) >= 11 is 6.05. The van der Waals surface area contributed by atoms with Crippen LogP contribution in [0.2, 0.25) is 5.02 Å². The summed E-state index contributed by atoms with van der Waals surface area (Å²) in [4.78, 5) is 24.7. The monoisotopic (exact) mass is 392 g/mol. The standard InChI is InChI=1S/C20H19ClF2N2O2/c21-15-3-1-2-4-17(15)24-19(26)12-5-7-13(8-6-12)20(27)25-18-10-9-14(22)11-16(18)23/h1-4,9-13H,5-8H2,(H,24,26)(H,25,27). The van der Waals surface area contributed by atoms with Gasteiger partial charge >= 0.3 is 0 Å². The zero-order valence-electron chi connectivity index (χ0n) is 14.5. The lowest BCUT2D eigenvalue weighted by Crippen LogP contribution is -2.32. The summed E-state index contributed by atoms with van der Waals surface area (Å²) in [5.74, 6) is -2.45. The molecule has 0 unspecified atom stereocenters. The Bertz CT molecular complexity index is 852. The van der Waals surface area contributed by atoms with E-state index < -0.39 is 11.6 Å². The van der Waals surface area contributed by atoms with E-state index in [2.05, 4.69) is 10.6 Å². The molecule has 0 atom stereocenters. The molecule has 0 saturated heterocycles. The molecule has 142 valence electrons. The van der Waals surface area contributed by atoms with Crippen LogP contribution in [0.25, 0.3) is 0 Å². The highest BCUT2D eigenvalue weighted by atomic mass is 35.5. The van der Waals surface area contributed by atoms with Crippen LogP contribution in [-0.4, -0.2) is 11.8 Å². The molecule has 2 aromatic rings. The maximum absolute atomic E-state index is 13.7. The normalized spacial score (nSPS) is 19.4. The summed E-state index contributed by atoms with van der Waals surface area (Å²) in [6.07, 6.45) is 2.16. The Labute approximate surface area is 160 Å². The summed E-state index contributed by atoms with van der Waals surface area (Å²) in [6.45, 7) is 0. The minimum Gasteiger partial charge on any atom is -0.325 e. The average molecular weight is 393 g/mol. The van der Waals surface area contributed by atoms with E-state index in [1.54, 1.807) is 24.3 Å². The number of carbonyl (C=O) groups is 2. The van der Waals surface area contributed by atoms with Crippen LogP contribution in [0.5, 0.6) is 0 Å². The molecule has 1 aliphatic carbocycles. The van der Waals surface area contributed by atoms with E-state index in [1.165, 1.54) is 6.07 Å². The number of rotatable bonds is 4. The number of anilines is 2. The molecule has 1 saturated carbocycles. The predicted octanol–water partition coefficient (Wildman–Crippen LogP) is 5.00. The summed E-state index contributed by atoms with van der Waals surface area (Å²) in [5, 5.41) is 5.79. The number of hydrogen-bond donors (Lipinski definition) is 2. The molecule has 0 bridgehead atoms. The summed E-state index contributed by atoms with van der Waals surface area (Å²) in [5.41, 5.74) is 0.524. The summed E-state index contributed by atoms with van der Waals surface area (Å²) in [7, 11) is 0. The van der Waals surface area contributed by atoms with Crippen molar-refractivity contribution in [3.05, 3.63) is 59.1 Å². The molecule has 0 aliphatic heterocycles. The molecule has 2 aromatic carbocycles. The van der Waals surface area contributed by atoms with Gasteiger partial charge in [0, 0.05) is 17.9 Å². The van der Waals surface area contributed by atoms with Gasteiger partial charge in [0.05, 0.1) is 16.4 Å². The first kappa shape index (κ1) is 19.3. The van der Waals surface area contributed by atoms with Gasteiger partial charge in [0.2, 0.25) is 11.8 Å². The average Bonchev–Trinajstić information content (AvgIpc) is 2.66. The van der Waals surface area contributed by atoms with Crippen molar-refractivity contribution in [2.45, 2.75) is 25.7 Å². The van der Waals surface area contributed by atoms with Crippen molar-refractivity contribution in [1.29, 1.82) is 0 Å². The van der Waals surface area contributed by atoms with E-state index in [9.17, 15) is 18.4 Å². The van der Waals surface area contributed by atoms with Gasteiger partial charge in [-0.3, -0.25) is 9.59 Å². The number of carbonyl (C=O) groups excluding carboxylic acids is 2. The highest BCUT2D eigenvalue weighted by Crippen LogP contribution is 2.31. The molecule has 1 fully saturated rings. The Hall–Kier alpha value is -2.47. The lowest BCUT2D eigenvalue weighted by molar-refractivity contribution is -0.125. The molecule has 2 amide bonds. The SMILES string of the molecule is O=C(Nc1ccc(F)cc1F)C1CCC(C(=O)Nc2ccccc2Cl)CC1. The largest absolute Gasteiger partial charge is 0.325 e. The van der Waals surface area contributed by atoms with E-state index in [4.69, 9.17) is 11.6 Å². The predicted molar refractivity (Wildman–Crippen MR) is 101 cm³/mol. The van der Waals surface area contributed by atoms with Gasteiger partial charge in [-0.2, -0.15) is 0 Å².